The third kappa shape index (κ3) is 4.36. The van der Waals surface area contributed by atoms with Crippen LogP contribution < -0.4 is 28.4 Å². The second kappa shape index (κ2) is 11.0. The van der Waals surface area contributed by atoms with Crippen molar-refractivity contribution in [3.63, 3.8) is 0 Å². The first-order valence-electron chi connectivity index (χ1n) is 12.0. The van der Waals surface area contributed by atoms with Crippen molar-refractivity contribution in [3.05, 3.63) is 35.8 Å². The van der Waals surface area contributed by atoms with Crippen LogP contribution in [-0.4, -0.2) is 46.3 Å². The Morgan fingerprint density at radius 2 is 1.08 bits per heavy atom. The van der Waals surface area contributed by atoms with E-state index in [1.165, 1.54) is 54.8 Å². The van der Waals surface area contributed by atoms with Gasteiger partial charge in [-0.3, -0.25) is 9.59 Å². The number of ketones is 2. The van der Waals surface area contributed by atoms with Gasteiger partial charge in [0, 0.05) is 6.42 Å². The smallest absolute Gasteiger partial charge is 0.241 e. The van der Waals surface area contributed by atoms with Crippen LogP contribution in [0.4, 0.5) is 0 Å². The maximum absolute atomic E-state index is 12.8. The molecular weight excluding hydrogens is 496 g/mol. The standard InChI is InChI=1S/C28H30O10/c1-8-9-18(37-25-19(14(2)29)21(31-4)16-10-12-35-23(16)27(25)33-6)38-26-20(15(3)30)22(32-5)17-11-13-36-24(17)28(26)34-7/h10-13,18H,8-9H2,1-7H3. The van der Waals surface area contributed by atoms with Gasteiger partial charge in [0.25, 0.3) is 0 Å². The Labute approximate surface area is 219 Å². The summed E-state index contributed by atoms with van der Waals surface area (Å²) in [5.74, 6) is 0.542. The van der Waals surface area contributed by atoms with Gasteiger partial charge < -0.3 is 37.3 Å². The van der Waals surface area contributed by atoms with Crippen molar-refractivity contribution in [1.82, 2.24) is 0 Å². The monoisotopic (exact) mass is 526 g/mol. The second-order valence-corrected chi connectivity index (χ2v) is 8.43. The fourth-order valence-electron chi connectivity index (χ4n) is 4.54. The highest BCUT2D eigenvalue weighted by atomic mass is 16.7. The number of hydrogen-bond acceptors (Lipinski definition) is 10. The van der Waals surface area contributed by atoms with Crippen LogP contribution in [0.1, 0.15) is 54.3 Å². The third-order valence-electron chi connectivity index (χ3n) is 6.10. The van der Waals surface area contributed by atoms with Gasteiger partial charge in [0.2, 0.25) is 17.8 Å². The zero-order valence-electron chi connectivity index (χ0n) is 22.4. The summed E-state index contributed by atoms with van der Waals surface area (Å²) in [5.41, 5.74) is 1.03. The predicted molar refractivity (Wildman–Crippen MR) is 139 cm³/mol. The second-order valence-electron chi connectivity index (χ2n) is 8.43. The van der Waals surface area contributed by atoms with E-state index in [2.05, 4.69) is 0 Å². The van der Waals surface area contributed by atoms with Crippen molar-refractivity contribution < 1.29 is 46.8 Å². The number of Topliss-reactive ketones (excluding diaryl/α,β-unsaturated/α-hetero) is 2. The lowest BCUT2D eigenvalue weighted by Gasteiger charge is -2.26. The van der Waals surface area contributed by atoms with Crippen molar-refractivity contribution >= 4 is 33.5 Å². The van der Waals surface area contributed by atoms with Gasteiger partial charge in [-0.1, -0.05) is 6.92 Å². The predicted octanol–water partition coefficient (Wildman–Crippen LogP) is 6.20. The van der Waals surface area contributed by atoms with Crippen LogP contribution in [0, 0.1) is 0 Å². The maximum Gasteiger partial charge on any atom is 0.241 e. The van der Waals surface area contributed by atoms with Crippen LogP contribution in [-0.2, 0) is 0 Å². The summed E-state index contributed by atoms with van der Waals surface area (Å²) in [5, 5.41) is 1.12. The van der Waals surface area contributed by atoms with Crippen LogP contribution >= 0.6 is 0 Å². The fourth-order valence-corrected chi connectivity index (χ4v) is 4.54. The molecule has 0 aliphatic carbocycles. The van der Waals surface area contributed by atoms with E-state index >= 15 is 0 Å². The Morgan fingerprint density at radius 3 is 1.39 bits per heavy atom. The molecule has 0 radical (unpaired) electrons. The largest absolute Gasteiger partial charge is 0.495 e. The first-order chi connectivity index (χ1) is 18.3. The minimum absolute atomic E-state index is 0.0899. The number of rotatable bonds is 12. The molecule has 2 aromatic carbocycles. The van der Waals surface area contributed by atoms with Gasteiger partial charge in [0.05, 0.1) is 51.7 Å². The van der Waals surface area contributed by atoms with Gasteiger partial charge in [0.15, 0.2) is 34.2 Å². The Hall–Kier alpha value is -4.34. The Balaban J connectivity index is 1.92. The Kier molecular flexibility index (Phi) is 7.70. The zero-order valence-corrected chi connectivity index (χ0v) is 22.4. The van der Waals surface area contributed by atoms with Crippen molar-refractivity contribution in [1.29, 1.82) is 0 Å². The van der Waals surface area contributed by atoms with Crippen LogP contribution in [0.5, 0.6) is 34.5 Å². The highest BCUT2D eigenvalue weighted by Gasteiger charge is 2.32. The number of ether oxygens (including phenoxy) is 6. The van der Waals surface area contributed by atoms with E-state index < -0.39 is 6.29 Å². The van der Waals surface area contributed by atoms with E-state index in [-0.39, 0.29) is 57.2 Å². The normalized spacial score (nSPS) is 11.2. The van der Waals surface area contributed by atoms with Crippen molar-refractivity contribution in [2.24, 2.45) is 0 Å². The van der Waals surface area contributed by atoms with Gasteiger partial charge >= 0.3 is 0 Å². The summed E-state index contributed by atoms with van der Waals surface area (Å²) in [6, 6.07) is 3.36. The molecule has 0 bridgehead atoms. The first-order valence-corrected chi connectivity index (χ1v) is 12.0. The summed E-state index contributed by atoms with van der Waals surface area (Å²) in [6.45, 7) is 4.75. The molecule has 0 atom stereocenters. The van der Waals surface area contributed by atoms with E-state index in [1.807, 2.05) is 6.92 Å². The van der Waals surface area contributed by atoms with Crippen molar-refractivity contribution in [2.45, 2.75) is 39.9 Å². The molecule has 0 saturated carbocycles. The molecule has 10 heteroatoms. The highest BCUT2D eigenvalue weighted by Crippen LogP contribution is 2.49. The molecule has 10 nitrogen and oxygen atoms in total. The summed E-state index contributed by atoms with van der Waals surface area (Å²) >= 11 is 0. The van der Waals surface area contributed by atoms with E-state index in [0.717, 1.165) is 0 Å². The highest BCUT2D eigenvalue weighted by molar-refractivity contribution is 6.09. The Morgan fingerprint density at radius 1 is 0.684 bits per heavy atom. The molecule has 4 rings (SSSR count). The van der Waals surface area contributed by atoms with Crippen LogP contribution in [0.3, 0.4) is 0 Å². The molecule has 0 N–H and O–H groups in total. The summed E-state index contributed by atoms with van der Waals surface area (Å²) in [7, 11) is 5.81. The zero-order chi connectivity index (χ0) is 27.6. The number of fused-ring (bicyclic) bond motifs is 2. The lowest BCUT2D eigenvalue weighted by molar-refractivity contribution is -0.00542. The van der Waals surface area contributed by atoms with Gasteiger partial charge in [-0.05, 0) is 32.4 Å². The molecule has 2 heterocycles. The SMILES string of the molecule is CCCC(Oc1c(C(C)=O)c(OC)c2ccoc2c1OC)Oc1c(C(C)=O)c(OC)c2ccoc2c1OC. The lowest BCUT2D eigenvalue weighted by atomic mass is 10.0. The Bertz CT molecular complexity index is 1380. The number of benzene rings is 2. The van der Waals surface area contributed by atoms with Crippen LogP contribution in [0.25, 0.3) is 21.9 Å². The van der Waals surface area contributed by atoms with Crippen LogP contribution in [0.2, 0.25) is 0 Å². The molecule has 202 valence electrons. The van der Waals surface area contributed by atoms with E-state index in [1.54, 1.807) is 12.1 Å². The molecular formula is C28H30O10. The van der Waals surface area contributed by atoms with Crippen molar-refractivity contribution in [2.75, 3.05) is 28.4 Å². The van der Waals surface area contributed by atoms with Crippen molar-refractivity contribution in [3.8, 4) is 34.5 Å². The molecule has 0 aliphatic rings. The molecule has 0 saturated heterocycles. The fraction of sp³-hybridized carbons (Fsp3) is 0.357. The number of carbonyl (C=O) groups excluding carboxylic acids is 2. The number of hydrogen-bond donors (Lipinski definition) is 0. The molecule has 2 aromatic heterocycles. The number of methoxy groups -OCH3 is 4. The average molecular weight is 527 g/mol. The molecule has 0 amide bonds. The summed E-state index contributed by atoms with van der Waals surface area (Å²) in [6.07, 6.45) is 2.96. The lowest BCUT2D eigenvalue weighted by Crippen LogP contribution is -2.26. The van der Waals surface area contributed by atoms with E-state index in [9.17, 15) is 9.59 Å². The summed E-state index contributed by atoms with van der Waals surface area (Å²) < 4.78 is 46.4. The molecule has 0 spiro atoms. The average Bonchev–Trinajstić information content (AvgIpc) is 3.57. The summed E-state index contributed by atoms with van der Waals surface area (Å²) in [4.78, 5) is 25.7. The molecule has 0 unspecified atom stereocenters. The first kappa shape index (κ1) is 26.7. The third-order valence-corrected chi connectivity index (χ3v) is 6.10. The van der Waals surface area contributed by atoms with E-state index in [4.69, 9.17) is 37.3 Å². The topological polar surface area (TPSA) is 116 Å². The molecule has 0 aliphatic heterocycles. The van der Waals surface area contributed by atoms with Gasteiger partial charge in [-0.25, -0.2) is 0 Å². The van der Waals surface area contributed by atoms with Crippen LogP contribution in [0.15, 0.2) is 33.5 Å². The maximum atomic E-state index is 12.8. The number of furan rings is 2. The minimum Gasteiger partial charge on any atom is -0.495 e. The number of carbonyl (C=O) groups is 2. The van der Waals surface area contributed by atoms with Gasteiger partial charge in [0.1, 0.15) is 22.6 Å². The quantitative estimate of drug-likeness (QED) is 0.156. The molecule has 38 heavy (non-hydrogen) atoms. The minimum atomic E-state index is -0.992. The van der Waals surface area contributed by atoms with Gasteiger partial charge in [-0.2, -0.15) is 0 Å². The molecule has 0 fully saturated rings. The molecule has 4 aromatic rings. The van der Waals surface area contributed by atoms with E-state index in [0.29, 0.717) is 34.8 Å². The van der Waals surface area contributed by atoms with Gasteiger partial charge in [-0.15, -0.1) is 0 Å².